The van der Waals surface area contributed by atoms with Crippen molar-refractivity contribution in [2.24, 2.45) is 0 Å². The predicted octanol–water partition coefficient (Wildman–Crippen LogP) is 2.10. The Morgan fingerprint density at radius 1 is 1.33 bits per heavy atom. The van der Waals surface area contributed by atoms with E-state index in [1.165, 1.54) is 0 Å². The van der Waals surface area contributed by atoms with E-state index in [2.05, 4.69) is 28.6 Å². The van der Waals surface area contributed by atoms with Gasteiger partial charge in [-0.15, -0.1) is 11.8 Å². The van der Waals surface area contributed by atoms with Crippen molar-refractivity contribution in [1.29, 1.82) is 0 Å². The molecule has 0 spiro atoms. The molecule has 2 aliphatic rings. The molecule has 1 saturated heterocycles. The summed E-state index contributed by atoms with van der Waals surface area (Å²) >= 11 is 1.84. The lowest BCUT2D eigenvalue weighted by molar-refractivity contribution is 0.0107. The summed E-state index contributed by atoms with van der Waals surface area (Å²) in [6.07, 6.45) is 1.96. The molecule has 0 bridgehead atoms. The molecule has 2 unspecified atom stereocenters. The monoisotopic (exact) mass is 313 g/mol. The number of ether oxygens (including phenoxy) is 1. The van der Waals surface area contributed by atoms with Crippen LogP contribution < -0.4 is 5.32 Å². The minimum atomic E-state index is -0.420. The lowest BCUT2D eigenvalue weighted by atomic mass is 10.2. The Kier molecular flexibility index (Phi) is 5.57. The number of nitrogens with zero attached hydrogens (tertiary/aromatic N) is 2. The Labute approximate surface area is 132 Å². The predicted molar refractivity (Wildman–Crippen MR) is 87.4 cm³/mol. The second-order valence-corrected chi connectivity index (χ2v) is 7.63. The lowest BCUT2D eigenvalue weighted by Gasteiger charge is -2.41. The summed E-state index contributed by atoms with van der Waals surface area (Å²) in [4.78, 5) is 16.3. The maximum atomic E-state index is 12.1. The number of thioether (sulfide) groups is 1. The average Bonchev–Trinajstić information content (AvgIpc) is 2.46. The molecule has 1 N–H and O–H groups in total. The van der Waals surface area contributed by atoms with E-state index in [1.807, 2.05) is 37.4 Å². The van der Waals surface area contributed by atoms with Gasteiger partial charge >= 0.3 is 6.09 Å². The molecule has 5 nitrogen and oxygen atoms in total. The van der Waals surface area contributed by atoms with Gasteiger partial charge in [0.1, 0.15) is 5.60 Å². The lowest BCUT2D eigenvalue weighted by Crippen LogP contribution is -2.56. The number of amides is 1. The third-order valence-corrected chi connectivity index (χ3v) is 4.94. The Hall–Kier alpha value is -0.720. The van der Waals surface area contributed by atoms with E-state index in [1.54, 1.807) is 0 Å². The smallest absolute Gasteiger partial charge is 0.410 e. The van der Waals surface area contributed by atoms with Crippen LogP contribution >= 0.6 is 11.8 Å². The van der Waals surface area contributed by atoms with Gasteiger partial charge < -0.3 is 15.0 Å². The van der Waals surface area contributed by atoms with Crippen LogP contribution in [0.2, 0.25) is 0 Å². The maximum Gasteiger partial charge on any atom is 0.410 e. The van der Waals surface area contributed by atoms with Crippen LogP contribution in [0.25, 0.3) is 0 Å². The van der Waals surface area contributed by atoms with Gasteiger partial charge in [-0.05, 0) is 33.1 Å². The van der Waals surface area contributed by atoms with Crippen molar-refractivity contribution in [3.8, 4) is 0 Å². The maximum absolute atomic E-state index is 12.1. The fourth-order valence-corrected chi connectivity index (χ4v) is 3.50. The number of hydrogen-bond donors (Lipinski definition) is 1. The average molecular weight is 313 g/mol. The van der Waals surface area contributed by atoms with E-state index in [9.17, 15) is 4.79 Å². The van der Waals surface area contributed by atoms with Crippen molar-refractivity contribution in [3.63, 3.8) is 0 Å². The normalized spacial score (nSPS) is 25.7. The number of nitrogens with one attached hydrogen (secondary N) is 1. The Morgan fingerprint density at radius 2 is 2.00 bits per heavy atom. The summed E-state index contributed by atoms with van der Waals surface area (Å²) in [5.41, 5.74) is -0.420. The van der Waals surface area contributed by atoms with Crippen LogP contribution in [-0.2, 0) is 4.74 Å². The van der Waals surface area contributed by atoms with Crippen LogP contribution in [0.3, 0.4) is 0 Å². The second-order valence-electron chi connectivity index (χ2n) is 6.58. The van der Waals surface area contributed by atoms with E-state index in [-0.39, 0.29) is 6.09 Å². The van der Waals surface area contributed by atoms with E-state index >= 15 is 0 Å². The summed E-state index contributed by atoms with van der Waals surface area (Å²) in [5, 5.41) is 6.12. The van der Waals surface area contributed by atoms with Crippen molar-refractivity contribution < 1.29 is 9.53 Å². The minimum Gasteiger partial charge on any atom is -0.444 e. The van der Waals surface area contributed by atoms with Gasteiger partial charge in [0, 0.05) is 38.8 Å². The molecule has 1 fully saturated rings. The molecule has 2 aliphatic heterocycles. The van der Waals surface area contributed by atoms with Gasteiger partial charge in [0.25, 0.3) is 0 Å². The van der Waals surface area contributed by atoms with Crippen LogP contribution in [0.1, 0.15) is 27.7 Å². The first kappa shape index (κ1) is 16.6. The molecule has 0 aromatic heterocycles. The van der Waals surface area contributed by atoms with E-state index < -0.39 is 5.60 Å². The van der Waals surface area contributed by atoms with Crippen LogP contribution in [0.4, 0.5) is 4.79 Å². The summed E-state index contributed by atoms with van der Waals surface area (Å²) in [6.45, 7) is 12.2. The standard InChI is InChI=1S/C15H27N3O2S/c1-12(13-16-6-5-11-21-13)17-7-9-18(10-8-17)14(19)20-15(2,3)4/h5,11-13,16H,6-10H2,1-4H3. The molecule has 6 heteroatoms. The fourth-order valence-electron chi connectivity index (χ4n) is 2.53. The number of piperazine rings is 1. The fraction of sp³-hybridized carbons (Fsp3) is 0.800. The van der Waals surface area contributed by atoms with Crippen molar-refractivity contribution in [3.05, 3.63) is 11.5 Å². The number of carbonyl (C=O) groups is 1. The first-order chi connectivity index (χ1) is 9.87. The summed E-state index contributed by atoms with van der Waals surface area (Å²) in [7, 11) is 0. The summed E-state index contributed by atoms with van der Waals surface area (Å²) in [5.74, 6) is 0. The van der Waals surface area contributed by atoms with Crippen LogP contribution in [0.5, 0.6) is 0 Å². The van der Waals surface area contributed by atoms with Crippen molar-refractivity contribution in [2.45, 2.75) is 44.7 Å². The number of carbonyl (C=O) groups excluding carboxylic acids is 1. The molecule has 1 amide bonds. The van der Waals surface area contributed by atoms with Crippen molar-refractivity contribution >= 4 is 17.9 Å². The zero-order valence-electron chi connectivity index (χ0n) is 13.5. The Bertz CT molecular complexity index is 387. The second kappa shape index (κ2) is 7.03. The van der Waals surface area contributed by atoms with Crippen LogP contribution in [-0.4, -0.2) is 65.6 Å². The molecule has 0 aromatic rings. The van der Waals surface area contributed by atoms with E-state index in [4.69, 9.17) is 4.74 Å². The van der Waals surface area contributed by atoms with Gasteiger partial charge in [-0.25, -0.2) is 4.79 Å². The molecule has 120 valence electrons. The largest absolute Gasteiger partial charge is 0.444 e. The van der Waals surface area contributed by atoms with Gasteiger partial charge in [0.15, 0.2) is 0 Å². The molecule has 0 saturated carbocycles. The third kappa shape index (κ3) is 4.90. The topological polar surface area (TPSA) is 44.8 Å². The van der Waals surface area contributed by atoms with Crippen LogP contribution in [0.15, 0.2) is 11.5 Å². The van der Waals surface area contributed by atoms with Crippen LogP contribution in [0, 0.1) is 0 Å². The third-order valence-electron chi connectivity index (χ3n) is 3.74. The molecule has 2 atom stereocenters. The molecular formula is C15H27N3O2S. The van der Waals surface area contributed by atoms with Gasteiger partial charge in [-0.2, -0.15) is 0 Å². The zero-order chi connectivity index (χ0) is 15.5. The molecule has 2 heterocycles. The highest BCUT2D eigenvalue weighted by Crippen LogP contribution is 2.21. The van der Waals surface area contributed by atoms with E-state index in [0.717, 1.165) is 32.7 Å². The highest BCUT2D eigenvalue weighted by atomic mass is 32.2. The SMILES string of the molecule is CC(C1NCC=CS1)N1CCN(C(=O)OC(C)(C)C)CC1. The molecule has 0 aromatic carbocycles. The van der Waals surface area contributed by atoms with Gasteiger partial charge in [0.05, 0.1) is 5.37 Å². The van der Waals surface area contributed by atoms with Gasteiger partial charge in [0.2, 0.25) is 0 Å². The summed E-state index contributed by atoms with van der Waals surface area (Å²) < 4.78 is 5.43. The molecule has 21 heavy (non-hydrogen) atoms. The molecular weight excluding hydrogens is 286 g/mol. The molecule has 2 rings (SSSR count). The highest BCUT2D eigenvalue weighted by Gasteiger charge is 2.30. The first-order valence-electron chi connectivity index (χ1n) is 7.62. The Morgan fingerprint density at radius 3 is 2.52 bits per heavy atom. The number of hydrogen-bond acceptors (Lipinski definition) is 5. The molecule has 0 aliphatic carbocycles. The van der Waals surface area contributed by atoms with Gasteiger partial charge in [-0.3, -0.25) is 4.90 Å². The quantitative estimate of drug-likeness (QED) is 0.846. The highest BCUT2D eigenvalue weighted by molar-refractivity contribution is 8.02. The van der Waals surface area contributed by atoms with E-state index in [0.29, 0.717) is 11.4 Å². The first-order valence-corrected chi connectivity index (χ1v) is 8.57. The minimum absolute atomic E-state index is 0.192. The van der Waals surface area contributed by atoms with Crippen molar-refractivity contribution in [1.82, 2.24) is 15.1 Å². The van der Waals surface area contributed by atoms with Gasteiger partial charge in [-0.1, -0.05) is 6.08 Å². The molecule has 0 radical (unpaired) electrons. The summed E-state index contributed by atoms with van der Waals surface area (Å²) in [6, 6.07) is 0.459. The Balaban J connectivity index is 1.80. The number of rotatable bonds is 2. The zero-order valence-corrected chi connectivity index (χ0v) is 14.3. The van der Waals surface area contributed by atoms with Crippen molar-refractivity contribution in [2.75, 3.05) is 32.7 Å².